The number of rotatable bonds is 3. The van der Waals surface area contributed by atoms with Crippen LogP contribution in [0.5, 0.6) is 11.5 Å². The molecule has 0 saturated heterocycles. The number of ether oxygens (including phenoxy) is 2. The van der Waals surface area contributed by atoms with Gasteiger partial charge >= 0.3 is 13.0 Å². The van der Waals surface area contributed by atoms with Crippen LogP contribution in [0.2, 0.25) is 0 Å². The van der Waals surface area contributed by atoms with Crippen LogP contribution in [0.3, 0.4) is 0 Å². The van der Waals surface area contributed by atoms with Gasteiger partial charge in [0.15, 0.2) is 11.5 Å². The summed E-state index contributed by atoms with van der Waals surface area (Å²) in [7, 11) is 0. The van der Waals surface area contributed by atoms with E-state index in [0.717, 1.165) is 18.2 Å². The molecule has 0 bridgehead atoms. The van der Waals surface area contributed by atoms with Crippen molar-refractivity contribution in [3.63, 3.8) is 0 Å². The molecule has 8 heteroatoms. The molecular formula is C9H4F5NO2. The van der Waals surface area contributed by atoms with Crippen molar-refractivity contribution in [3.8, 4) is 17.6 Å². The van der Waals surface area contributed by atoms with E-state index < -0.39 is 30.0 Å². The van der Waals surface area contributed by atoms with Crippen LogP contribution >= 0.6 is 0 Å². The minimum atomic E-state index is -5.10. The third-order valence-corrected chi connectivity index (χ3v) is 1.53. The average Bonchev–Trinajstić information content (AvgIpc) is 2.17. The maximum atomic E-state index is 12.0. The zero-order chi connectivity index (χ0) is 13.1. The van der Waals surface area contributed by atoms with Crippen LogP contribution in [0.1, 0.15) is 5.56 Å². The summed E-state index contributed by atoms with van der Waals surface area (Å²) in [6.07, 6.45) is -5.10. The van der Waals surface area contributed by atoms with Crippen molar-refractivity contribution < 1.29 is 31.4 Å². The monoisotopic (exact) mass is 253 g/mol. The molecule has 1 aromatic carbocycles. The Morgan fingerprint density at radius 3 is 2.35 bits per heavy atom. The van der Waals surface area contributed by atoms with Crippen LogP contribution in [0.25, 0.3) is 0 Å². The molecule has 0 radical (unpaired) electrons. The van der Waals surface area contributed by atoms with Crippen LogP contribution in [0.4, 0.5) is 22.0 Å². The summed E-state index contributed by atoms with van der Waals surface area (Å²) >= 11 is 0. The van der Waals surface area contributed by atoms with Gasteiger partial charge in [0.25, 0.3) is 0 Å². The van der Waals surface area contributed by atoms with Gasteiger partial charge in [-0.15, -0.1) is 13.2 Å². The third kappa shape index (κ3) is 3.79. The summed E-state index contributed by atoms with van der Waals surface area (Å²) in [6.45, 7) is -3.32. The summed E-state index contributed by atoms with van der Waals surface area (Å²) in [4.78, 5) is 0. The number of nitrogens with zero attached hydrogens (tertiary/aromatic N) is 1. The SMILES string of the molecule is N#Cc1cccc(OC(F)F)c1OC(F)(F)F. The number of para-hydroxylation sites is 1. The first-order valence-electron chi connectivity index (χ1n) is 4.07. The van der Waals surface area contributed by atoms with E-state index in [1.165, 1.54) is 6.07 Å². The molecule has 0 heterocycles. The minimum Gasteiger partial charge on any atom is -0.431 e. The van der Waals surface area contributed by atoms with Crippen LogP contribution in [-0.4, -0.2) is 13.0 Å². The van der Waals surface area contributed by atoms with Crippen molar-refractivity contribution in [1.29, 1.82) is 5.26 Å². The van der Waals surface area contributed by atoms with Crippen molar-refractivity contribution in [2.24, 2.45) is 0 Å². The van der Waals surface area contributed by atoms with Crippen molar-refractivity contribution in [2.75, 3.05) is 0 Å². The number of benzene rings is 1. The maximum Gasteiger partial charge on any atom is 0.573 e. The first-order chi connectivity index (χ1) is 7.83. The fourth-order valence-electron chi connectivity index (χ4n) is 1.01. The van der Waals surface area contributed by atoms with Gasteiger partial charge in [-0.1, -0.05) is 6.07 Å². The lowest BCUT2D eigenvalue weighted by Crippen LogP contribution is -2.19. The van der Waals surface area contributed by atoms with Crippen molar-refractivity contribution in [1.82, 2.24) is 0 Å². The molecule has 0 amide bonds. The van der Waals surface area contributed by atoms with Gasteiger partial charge in [0, 0.05) is 0 Å². The van der Waals surface area contributed by atoms with Gasteiger partial charge in [0.1, 0.15) is 6.07 Å². The lowest BCUT2D eigenvalue weighted by Gasteiger charge is -2.14. The smallest absolute Gasteiger partial charge is 0.431 e. The van der Waals surface area contributed by atoms with Gasteiger partial charge in [-0.05, 0) is 12.1 Å². The van der Waals surface area contributed by atoms with E-state index in [-0.39, 0.29) is 0 Å². The van der Waals surface area contributed by atoms with E-state index >= 15 is 0 Å². The number of nitriles is 1. The van der Waals surface area contributed by atoms with Crippen LogP contribution in [-0.2, 0) is 0 Å². The minimum absolute atomic E-state index is 0.555. The summed E-state index contributed by atoms with van der Waals surface area (Å²) in [5, 5.41) is 8.53. The van der Waals surface area contributed by atoms with Gasteiger partial charge in [-0.3, -0.25) is 0 Å². The van der Waals surface area contributed by atoms with E-state index in [0.29, 0.717) is 0 Å². The fourth-order valence-corrected chi connectivity index (χ4v) is 1.01. The highest BCUT2D eigenvalue weighted by molar-refractivity contribution is 5.52. The van der Waals surface area contributed by atoms with E-state index in [1.54, 1.807) is 0 Å². The Hall–Kier alpha value is -2.04. The molecule has 0 spiro atoms. The number of hydrogen-bond acceptors (Lipinski definition) is 3. The number of hydrogen-bond donors (Lipinski definition) is 0. The zero-order valence-corrected chi connectivity index (χ0v) is 7.96. The molecule has 0 N–H and O–H groups in total. The Labute approximate surface area is 92.0 Å². The average molecular weight is 253 g/mol. The van der Waals surface area contributed by atoms with E-state index in [1.807, 2.05) is 0 Å². The third-order valence-electron chi connectivity index (χ3n) is 1.53. The van der Waals surface area contributed by atoms with Crippen LogP contribution in [0.15, 0.2) is 18.2 Å². The van der Waals surface area contributed by atoms with Gasteiger partial charge in [-0.25, -0.2) is 0 Å². The largest absolute Gasteiger partial charge is 0.573 e. The molecular weight excluding hydrogens is 249 g/mol. The normalized spacial score (nSPS) is 11.1. The summed E-state index contributed by atoms with van der Waals surface area (Å²) < 4.78 is 67.2. The number of alkyl halides is 5. The second-order valence-electron chi connectivity index (χ2n) is 2.67. The zero-order valence-electron chi connectivity index (χ0n) is 7.96. The molecule has 0 aliphatic carbocycles. The Bertz CT molecular complexity index is 438. The van der Waals surface area contributed by atoms with Gasteiger partial charge in [0.2, 0.25) is 0 Å². The summed E-state index contributed by atoms with van der Waals surface area (Å²) in [5.74, 6) is -1.93. The molecule has 0 aromatic heterocycles. The van der Waals surface area contributed by atoms with Crippen molar-refractivity contribution >= 4 is 0 Å². The summed E-state index contributed by atoms with van der Waals surface area (Å²) in [5.41, 5.74) is -0.555. The molecule has 1 rings (SSSR count). The fraction of sp³-hybridized carbons (Fsp3) is 0.222. The second kappa shape index (κ2) is 4.86. The molecule has 0 saturated carbocycles. The van der Waals surface area contributed by atoms with E-state index in [9.17, 15) is 22.0 Å². The first kappa shape index (κ1) is 13.0. The van der Waals surface area contributed by atoms with Gasteiger partial charge in [0.05, 0.1) is 5.56 Å². The molecule has 3 nitrogen and oxygen atoms in total. The predicted molar refractivity (Wildman–Crippen MR) is 44.5 cm³/mol. The maximum absolute atomic E-state index is 12.0. The molecule has 0 fully saturated rings. The second-order valence-corrected chi connectivity index (χ2v) is 2.67. The quantitative estimate of drug-likeness (QED) is 0.777. The van der Waals surface area contributed by atoms with Gasteiger partial charge in [-0.2, -0.15) is 14.0 Å². The standard InChI is InChI=1S/C9H4F5NO2/c10-8(11)16-6-3-1-2-5(4-15)7(6)17-9(12,13)14/h1-3,8H. The van der Waals surface area contributed by atoms with Crippen LogP contribution in [0, 0.1) is 11.3 Å². The van der Waals surface area contributed by atoms with Gasteiger partial charge < -0.3 is 9.47 Å². The van der Waals surface area contributed by atoms with Crippen molar-refractivity contribution in [3.05, 3.63) is 23.8 Å². The molecule has 0 atom stereocenters. The highest BCUT2D eigenvalue weighted by Gasteiger charge is 2.34. The summed E-state index contributed by atoms with van der Waals surface area (Å²) in [6, 6.07) is 4.31. The molecule has 0 unspecified atom stereocenters. The molecule has 0 aliphatic heterocycles. The van der Waals surface area contributed by atoms with Crippen molar-refractivity contribution in [2.45, 2.75) is 13.0 Å². The number of halogens is 5. The molecule has 92 valence electrons. The lowest BCUT2D eigenvalue weighted by atomic mass is 10.2. The van der Waals surface area contributed by atoms with E-state index in [2.05, 4.69) is 9.47 Å². The molecule has 0 aliphatic rings. The van der Waals surface area contributed by atoms with Crippen LogP contribution < -0.4 is 9.47 Å². The predicted octanol–water partition coefficient (Wildman–Crippen LogP) is 3.06. The highest BCUT2D eigenvalue weighted by Crippen LogP contribution is 2.35. The lowest BCUT2D eigenvalue weighted by molar-refractivity contribution is -0.275. The topological polar surface area (TPSA) is 42.2 Å². The molecule has 17 heavy (non-hydrogen) atoms. The Morgan fingerprint density at radius 1 is 1.24 bits per heavy atom. The first-order valence-corrected chi connectivity index (χ1v) is 4.07. The molecule has 1 aromatic rings. The Kier molecular flexibility index (Phi) is 3.73. The highest BCUT2D eigenvalue weighted by atomic mass is 19.4. The van der Waals surface area contributed by atoms with E-state index in [4.69, 9.17) is 5.26 Å². The Morgan fingerprint density at radius 2 is 1.88 bits per heavy atom. The Balaban J connectivity index is 3.17.